The number of aliphatic carboxylic acids is 1. The quantitative estimate of drug-likeness (QED) is 0.139. The molecule has 0 spiro atoms. The first kappa shape index (κ1) is 30.3. The van der Waals surface area contributed by atoms with Crippen LogP contribution in [-0.4, -0.2) is 45.0 Å². The normalized spacial score (nSPS) is 11.2. The summed E-state index contributed by atoms with van der Waals surface area (Å²) >= 11 is 9.14. The van der Waals surface area contributed by atoms with Crippen LogP contribution in [0.1, 0.15) is 37.5 Å². The second-order valence-electron chi connectivity index (χ2n) is 10.4. The minimum atomic E-state index is -0.879. The SMILES string of the molecule is CC(C)(C)O.CNc1ccc(-c2csc(-c3nc4cc(C)c(CC(=O)O)c(-c5ccc(Cl)cc5)c4s3)n2)cc1C=N. The number of nitrogens with one attached hydrogen (secondary N) is 2. The topological polar surface area (TPSA) is 119 Å². The van der Waals surface area contributed by atoms with Gasteiger partial charge < -0.3 is 20.9 Å². The van der Waals surface area contributed by atoms with Crippen LogP contribution in [0.4, 0.5) is 5.69 Å². The summed E-state index contributed by atoms with van der Waals surface area (Å²) in [7, 11) is 1.83. The Morgan fingerprint density at radius 3 is 2.34 bits per heavy atom. The number of aromatic nitrogens is 2. The van der Waals surface area contributed by atoms with Crippen molar-refractivity contribution in [2.45, 2.75) is 39.7 Å². The molecule has 0 amide bonds. The lowest BCUT2D eigenvalue weighted by Crippen LogP contribution is -2.10. The van der Waals surface area contributed by atoms with Crippen LogP contribution in [0.2, 0.25) is 5.02 Å². The van der Waals surface area contributed by atoms with E-state index in [2.05, 4.69) is 5.32 Å². The smallest absolute Gasteiger partial charge is 0.307 e. The predicted octanol–water partition coefficient (Wildman–Crippen LogP) is 8.16. The molecule has 3 aromatic carbocycles. The second-order valence-corrected chi connectivity index (χ2v) is 12.7. The highest BCUT2D eigenvalue weighted by molar-refractivity contribution is 7.25. The van der Waals surface area contributed by atoms with Gasteiger partial charge in [-0.15, -0.1) is 22.7 Å². The molecule has 10 heteroatoms. The number of benzene rings is 3. The van der Waals surface area contributed by atoms with Crippen LogP contribution in [0.25, 0.3) is 42.6 Å². The average Bonchev–Trinajstić information content (AvgIpc) is 3.56. The fraction of sp³-hybridized carbons (Fsp3) is 0.226. The number of aliphatic hydroxyl groups is 1. The van der Waals surface area contributed by atoms with E-state index in [0.717, 1.165) is 65.0 Å². The van der Waals surface area contributed by atoms with Crippen LogP contribution in [-0.2, 0) is 11.2 Å². The van der Waals surface area contributed by atoms with Gasteiger partial charge in [-0.05, 0) is 74.7 Å². The van der Waals surface area contributed by atoms with E-state index in [1.807, 2.05) is 67.9 Å². The molecule has 2 heterocycles. The summed E-state index contributed by atoms with van der Waals surface area (Å²) in [5.41, 5.74) is 7.18. The number of rotatable bonds is 7. The van der Waals surface area contributed by atoms with Crippen molar-refractivity contribution in [3.8, 4) is 32.4 Å². The minimum absolute atomic E-state index is 0.0771. The van der Waals surface area contributed by atoms with Gasteiger partial charge in [-0.3, -0.25) is 4.79 Å². The van der Waals surface area contributed by atoms with E-state index in [4.69, 9.17) is 32.1 Å². The molecule has 0 atom stereocenters. The van der Waals surface area contributed by atoms with Crippen LogP contribution < -0.4 is 5.32 Å². The van der Waals surface area contributed by atoms with E-state index in [-0.39, 0.29) is 6.42 Å². The third-order valence-corrected chi connectivity index (χ3v) is 8.26. The highest BCUT2D eigenvalue weighted by Crippen LogP contribution is 2.42. The number of anilines is 1. The van der Waals surface area contributed by atoms with Crippen molar-refractivity contribution in [1.29, 1.82) is 5.41 Å². The lowest BCUT2D eigenvalue weighted by molar-refractivity contribution is -0.136. The van der Waals surface area contributed by atoms with Gasteiger partial charge in [0.25, 0.3) is 0 Å². The molecule has 4 N–H and O–H groups in total. The summed E-state index contributed by atoms with van der Waals surface area (Å²) in [4.78, 5) is 21.4. The Hall–Kier alpha value is -3.63. The number of hydrogen-bond donors (Lipinski definition) is 4. The Balaban J connectivity index is 0.000000714. The van der Waals surface area contributed by atoms with E-state index >= 15 is 0 Å². The fourth-order valence-corrected chi connectivity index (χ4v) is 6.33. The van der Waals surface area contributed by atoms with E-state index in [9.17, 15) is 9.90 Å². The zero-order chi connectivity index (χ0) is 29.9. The molecule has 5 aromatic rings. The van der Waals surface area contributed by atoms with Crippen LogP contribution in [0.5, 0.6) is 0 Å². The van der Waals surface area contributed by atoms with Crippen molar-refractivity contribution in [1.82, 2.24) is 9.97 Å². The molecule has 0 bridgehead atoms. The van der Waals surface area contributed by atoms with Crippen molar-refractivity contribution >= 4 is 62.4 Å². The highest BCUT2D eigenvalue weighted by Gasteiger charge is 2.20. The first-order valence-corrected chi connectivity index (χ1v) is 14.9. The van der Waals surface area contributed by atoms with E-state index in [0.29, 0.717) is 5.02 Å². The number of carboxylic acids is 1. The molecule has 0 radical (unpaired) electrons. The Morgan fingerprint density at radius 1 is 1.07 bits per heavy atom. The molecule has 0 unspecified atom stereocenters. The summed E-state index contributed by atoms with van der Waals surface area (Å²) in [6.07, 6.45) is 1.25. The van der Waals surface area contributed by atoms with Crippen molar-refractivity contribution < 1.29 is 15.0 Å². The van der Waals surface area contributed by atoms with Crippen LogP contribution in [0.3, 0.4) is 0 Å². The van der Waals surface area contributed by atoms with E-state index < -0.39 is 11.6 Å². The molecule has 0 fully saturated rings. The Labute approximate surface area is 252 Å². The molecule has 212 valence electrons. The average molecular weight is 607 g/mol. The summed E-state index contributed by atoms with van der Waals surface area (Å²) in [6.45, 7) is 7.15. The number of carboxylic acid groups (broad SMARTS) is 1. The van der Waals surface area contributed by atoms with Crippen LogP contribution in [0, 0.1) is 12.3 Å². The van der Waals surface area contributed by atoms with Gasteiger partial charge >= 0.3 is 5.97 Å². The van der Waals surface area contributed by atoms with Crippen molar-refractivity contribution in [2.75, 3.05) is 12.4 Å². The number of halogens is 1. The standard InChI is InChI=1S/C27H21ClN4O2S2.C4H10O/c1-14-9-21-25(24(19(14)11-23(33)34)15-3-6-18(28)7-4-15)36-27(31-21)26-32-22(13-35-26)16-5-8-20(30-2)17(10-16)12-29;1-4(2,3)5/h3-10,12-13,29-30H,11H2,1-2H3,(H,33,34);5H,1-3H3. The summed E-state index contributed by atoms with van der Waals surface area (Å²) in [6, 6.07) is 15.3. The number of fused-ring (bicyclic) bond motifs is 1. The number of carbonyl (C=O) groups is 1. The summed E-state index contributed by atoms with van der Waals surface area (Å²) in [5, 5.41) is 33.1. The van der Waals surface area contributed by atoms with Gasteiger partial charge in [-0.2, -0.15) is 0 Å². The maximum absolute atomic E-state index is 11.7. The molecule has 2 aromatic heterocycles. The third-order valence-electron chi connectivity index (χ3n) is 5.93. The lowest BCUT2D eigenvalue weighted by atomic mass is 9.93. The monoisotopic (exact) mass is 606 g/mol. The number of hydrogen-bond acceptors (Lipinski definition) is 8. The first-order chi connectivity index (χ1) is 19.4. The summed E-state index contributed by atoms with van der Waals surface area (Å²) in [5.74, 6) is -0.879. The largest absolute Gasteiger partial charge is 0.481 e. The zero-order valence-corrected chi connectivity index (χ0v) is 25.8. The van der Waals surface area contributed by atoms with E-state index in [1.54, 1.807) is 20.8 Å². The Bertz CT molecular complexity index is 1710. The molecule has 0 aliphatic rings. The van der Waals surface area contributed by atoms with Gasteiger partial charge in [-0.25, -0.2) is 9.97 Å². The third kappa shape index (κ3) is 7.37. The van der Waals surface area contributed by atoms with Gasteiger partial charge in [0, 0.05) is 46.0 Å². The molecule has 0 saturated heterocycles. The maximum atomic E-state index is 11.7. The molecular weight excluding hydrogens is 576 g/mol. The van der Waals surface area contributed by atoms with Gasteiger partial charge in [0.2, 0.25) is 0 Å². The van der Waals surface area contributed by atoms with Gasteiger partial charge in [-0.1, -0.05) is 29.8 Å². The molecule has 0 aliphatic heterocycles. The highest BCUT2D eigenvalue weighted by atomic mass is 35.5. The molecule has 0 saturated carbocycles. The Morgan fingerprint density at radius 2 is 1.73 bits per heavy atom. The number of thiazole rings is 2. The second kappa shape index (κ2) is 12.5. The van der Waals surface area contributed by atoms with Crippen molar-refractivity contribution in [3.63, 3.8) is 0 Å². The number of nitrogens with zero attached hydrogens (tertiary/aromatic N) is 2. The van der Waals surface area contributed by atoms with Gasteiger partial charge in [0.1, 0.15) is 0 Å². The summed E-state index contributed by atoms with van der Waals surface area (Å²) < 4.78 is 0.926. The molecule has 7 nitrogen and oxygen atoms in total. The lowest BCUT2D eigenvalue weighted by Gasteiger charge is -2.13. The van der Waals surface area contributed by atoms with Crippen LogP contribution in [0.15, 0.2) is 53.9 Å². The van der Waals surface area contributed by atoms with Gasteiger partial charge in [0.15, 0.2) is 10.0 Å². The molecule has 5 rings (SSSR count). The van der Waals surface area contributed by atoms with E-state index in [1.165, 1.54) is 28.9 Å². The van der Waals surface area contributed by atoms with Crippen molar-refractivity contribution in [2.24, 2.45) is 0 Å². The zero-order valence-electron chi connectivity index (χ0n) is 23.4. The number of aryl methyl sites for hydroxylation is 1. The fourth-order valence-electron chi connectivity index (χ4n) is 4.20. The first-order valence-electron chi connectivity index (χ1n) is 12.8. The maximum Gasteiger partial charge on any atom is 0.307 e. The van der Waals surface area contributed by atoms with Crippen LogP contribution >= 0.6 is 34.3 Å². The minimum Gasteiger partial charge on any atom is -0.481 e. The predicted molar refractivity (Wildman–Crippen MR) is 172 cm³/mol. The van der Waals surface area contributed by atoms with Gasteiger partial charge in [0.05, 0.1) is 27.9 Å². The molecule has 41 heavy (non-hydrogen) atoms. The molecule has 0 aliphatic carbocycles. The Kier molecular flexibility index (Phi) is 9.24. The van der Waals surface area contributed by atoms with Crippen molar-refractivity contribution in [3.05, 3.63) is 75.6 Å². The molecular formula is C31H31ClN4O3S2.